The van der Waals surface area contributed by atoms with Gasteiger partial charge in [0.05, 0.1) is 19.0 Å². The second-order valence-electron chi connectivity index (χ2n) is 4.97. The first kappa shape index (κ1) is 17.1. The van der Waals surface area contributed by atoms with E-state index in [2.05, 4.69) is 9.62 Å². The maximum atomic E-state index is 12.7. The Bertz CT molecular complexity index is 544. The zero-order valence-corrected chi connectivity index (χ0v) is 13.1. The largest absolute Gasteiger partial charge is 0.492 e. The normalized spacial score (nSPS) is 16.6. The third-order valence-electron chi connectivity index (χ3n) is 3.29. The van der Waals surface area contributed by atoms with E-state index >= 15 is 0 Å². The molecule has 0 bridgehead atoms. The van der Waals surface area contributed by atoms with Gasteiger partial charge in [0.15, 0.2) is 0 Å². The van der Waals surface area contributed by atoms with Gasteiger partial charge in [-0.3, -0.25) is 4.90 Å². The average Bonchev–Trinajstić information content (AvgIpc) is 2.50. The maximum absolute atomic E-state index is 12.7. The number of nitrogens with one attached hydrogen (secondary N) is 1. The van der Waals surface area contributed by atoms with Gasteiger partial charge in [0, 0.05) is 26.2 Å². The lowest BCUT2D eigenvalue weighted by Crippen LogP contribution is -2.42. The minimum absolute atomic E-state index is 0.0263. The monoisotopic (exact) mass is 332 g/mol. The first-order valence-corrected chi connectivity index (χ1v) is 8.86. The Labute approximate surface area is 130 Å². The molecule has 6 nitrogen and oxygen atoms in total. The van der Waals surface area contributed by atoms with Crippen molar-refractivity contribution in [2.75, 3.05) is 51.8 Å². The van der Waals surface area contributed by atoms with Crippen molar-refractivity contribution in [2.24, 2.45) is 0 Å². The van der Waals surface area contributed by atoms with Gasteiger partial charge in [-0.05, 0) is 24.3 Å². The van der Waals surface area contributed by atoms with Crippen molar-refractivity contribution in [2.45, 2.75) is 0 Å². The van der Waals surface area contributed by atoms with E-state index in [0.717, 1.165) is 13.1 Å². The molecule has 0 radical (unpaired) electrons. The summed E-state index contributed by atoms with van der Waals surface area (Å²) >= 11 is 0. The highest BCUT2D eigenvalue weighted by atomic mass is 32.2. The lowest BCUT2D eigenvalue weighted by Gasteiger charge is -2.26. The molecule has 1 heterocycles. The number of sulfonamides is 1. The molecular formula is C14H21FN2O4S. The predicted molar refractivity (Wildman–Crippen MR) is 80.9 cm³/mol. The van der Waals surface area contributed by atoms with Crippen LogP contribution in [0.25, 0.3) is 0 Å². The fraction of sp³-hybridized carbons (Fsp3) is 0.571. The number of ether oxygens (including phenoxy) is 2. The van der Waals surface area contributed by atoms with Crippen LogP contribution in [0.1, 0.15) is 0 Å². The fourth-order valence-electron chi connectivity index (χ4n) is 2.06. The van der Waals surface area contributed by atoms with E-state index in [4.69, 9.17) is 9.47 Å². The number of hydrogen-bond donors (Lipinski definition) is 1. The topological polar surface area (TPSA) is 67.9 Å². The molecule has 1 N–H and O–H groups in total. The first-order chi connectivity index (χ1) is 10.6. The maximum Gasteiger partial charge on any atom is 0.214 e. The molecule has 22 heavy (non-hydrogen) atoms. The summed E-state index contributed by atoms with van der Waals surface area (Å²) in [5, 5.41) is 0. The third kappa shape index (κ3) is 6.27. The van der Waals surface area contributed by atoms with Crippen LogP contribution in [0, 0.1) is 5.82 Å². The lowest BCUT2D eigenvalue weighted by molar-refractivity contribution is 0.0390. The van der Waals surface area contributed by atoms with Gasteiger partial charge in [0.1, 0.15) is 18.2 Å². The van der Waals surface area contributed by atoms with Crippen molar-refractivity contribution in [3.8, 4) is 5.75 Å². The lowest BCUT2D eigenvalue weighted by atomic mass is 10.3. The van der Waals surface area contributed by atoms with Gasteiger partial charge in [-0.1, -0.05) is 0 Å². The molecule has 0 saturated carbocycles. The molecule has 0 unspecified atom stereocenters. The third-order valence-corrected chi connectivity index (χ3v) is 4.64. The molecule has 8 heteroatoms. The highest BCUT2D eigenvalue weighted by Crippen LogP contribution is 2.10. The number of hydrogen-bond acceptors (Lipinski definition) is 5. The molecule has 2 rings (SSSR count). The van der Waals surface area contributed by atoms with Gasteiger partial charge in [-0.25, -0.2) is 17.5 Å². The number of nitrogens with zero attached hydrogens (tertiary/aromatic N) is 1. The van der Waals surface area contributed by atoms with Crippen LogP contribution in [-0.4, -0.2) is 65.1 Å². The van der Waals surface area contributed by atoms with E-state index in [1.807, 2.05) is 0 Å². The van der Waals surface area contributed by atoms with Crippen LogP contribution in [0.15, 0.2) is 24.3 Å². The van der Waals surface area contributed by atoms with Crippen molar-refractivity contribution < 1.29 is 22.3 Å². The summed E-state index contributed by atoms with van der Waals surface area (Å²) in [5.74, 6) is -0.0392. The van der Waals surface area contributed by atoms with E-state index in [-0.39, 0.29) is 18.2 Å². The summed E-state index contributed by atoms with van der Waals surface area (Å²) < 4.78 is 49.4. The van der Waals surface area contributed by atoms with Crippen molar-refractivity contribution >= 4 is 10.0 Å². The van der Waals surface area contributed by atoms with E-state index in [1.54, 1.807) is 0 Å². The minimum Gasteiger partial charge on any atom is -0.492 e. The van der Waals surface area contributed by atoms with Crippen LogP contribution < -0.4 is 9.46 Å². The van der Waals surface area contributed by atoms with Crippen LogP contribution in [0.5, 0.6) is 5.75 Å². The van der Waals surface area contributed by atoms with E-state index in [0.29, 0.717) is 32.1 Å². The second-order valence-corrected chi connectivity index (χ2v) is 6.90. The van der Waals surface area contributed by atoms with Crippen LogP contribution in [0.2, 0.25) is 0 Å². The Kier molecular flexibility index (Phi) is 6.56. The first-order valence-electron chi connectivity index (χ1n) is 7.21. The van der Waals surface area contributed by atoms with Crippen molar-refractivity contribution in [1.29, 1.82) is 0 Å². The van der Waals surface area contributed by atoms with Gasteiger partial charge in [-0.15, -0.1) is 0 Å². The Morgan fingerprint density at radius 3 is 2.59 bits per heavy atom. The van der Waals surface area contributed by atoms with Crippen LogP contribution in [0.3, 0.4) is 0 Å². The molecule has 1 aromatic carbocycles. The number of morpholine rings is 1. The van der Waals surface area contributed by atoms with Gasteiger partial charge in [0.2, 0.25) is 10.0 Å². The van der Waals surface area contributed by atoms with Gasteiger partial charge in [-0.2, -0.15) is 0 Å². The molecule has 0 amide bonds. The summed E-state index contributed by atoms with van der Waals surface area (Å²) in [7, 11) is -3.37. The van der Waals surface area contributed by atoms with Gasteiger partial charge >= 0.3 is 0 Å². The summed E-state index contributed by atoms with van der Waals surface area (Å²) in [6.07, 6.45) is 0. The summed E-state index contributed by atoms with van der Waals surface area (Å²) in [4.78, 5) is 2.15. The molecule has 1 saturated heterocycles. The second kappa shape index (κ2) is 8.42. The fourth-order valence-corrected chi connectivity index (χ4v) is 2.91. The summed E-state index contributed by atoms with van der Waals surface area (Å²) in [6.45, 7) is 4.11. The molecule has 0 atom stereocenters. The van der Waals surface area contributed by atoms with Gasteiger partial charge < -0.3 is 9.47 Å². The highest BCUT2D eigenvalue weighted by molar-refractivity contribution is 7.89. The number of halogens is 1. The quantitative estimate of drug-likeness (QED) is 0.749. The molecule has 0 aromatic heterocycles. The smallest absolute Gasteiger partial charge is 0.214 e. The summed E-state index contributed by atoms with van der Waals surface area (Å²) in [5.41, 5.74) is 0. The van der Waals surface area contributed by atoms with Crippen molar-refractivity contribution in [3.63, 3.8) is 0 Å². The molecule has 124 valence electrons. The number of benzene rings is 1. The zero-order chi connectivity index (χ0) is 15.8. The molecule has 1 aromatic rings. The highest BCUT2D eigenvalue weighted by Gasteiger charge is 2.13. The minimum atomic E-state index is -3.37. The van der Waals surface area contributed by atoms with E-state index in [1.165, 1.54) is 24.3 Å². The Morgan fingerprint density at radius 2 is 1.91 bits per heavy atom. The SMILES string of the molecule is O=S(=O)(CCOc1ccc(F)cc1)NCCN1CCOCC1. The van der Waals surface area contributed by atoms with Crippen LogP contribution in [-0.2, 0) is 14.8 Å². The van der Waals surface area contributed by atoms with Gasteiger partial charge in [0.25, 0.3) is 0 Å². The van der Waals surface area contributed by atoms with E-state index < -0.39 is 10.0 Å². The predicted octanol–water partition coefficient (Wildman–Crippen LogP) is 0.456. The number of rotatable bonds is 8. The molecule has 1 aliphatic rings. The van der Waals surface area contributed by atoms with Crippen LogP contribution in [0.4, 0.5) is 4.39 Å². The molecule has 1 fully saturated rings. The zero-order valence-electron chi connectivity index (χ0n) is 12.3. The Hall–Kier alpha value is -1.22. The molecule has 0 aliphatic carbocycles. The molecular weight excluding hydrogens is 311 g/mol. The summed E-state index contributed by atoms with van der Waals surface area (Å²) in [6, 6.07) is 5.47. The van der Waals surface area contributed by atoms with Crippen molar-refractivity contribution in [1.82, 2.24) is 9.62 Å². The Morgan fingerprint density at radius 1 is 1.23 bits per heavy atom. The van der Waals surface area contributed by atoms with Crippen molar-refractivity contribution in [3.05, 3.63) is 30.1 Å². The Balaban J connectivity index is 1.64. The molecule has 1 aliphatic heterocycles. The standard InChI is InChI=1S/C14H21FN2O4S/c15-13-1-3-14(4-2-13)21-11-12-22(18,19)16-5-6-17-7-9-20-10-8-17/h1-4,16H,5-12H2. The molecule has 0 spiro atoms. The average molecular weight is 332 g/mol. The van der Waals surface area contributed by atoms with E-state index in [9.17, 15) is 12.8 Å². The van der Waals surface area contributed by atoms with Crippen LogP contribution >= 0.6 is 0 Å².